The van der Waals surface area contributed by atoms with Crippen molar-refractivity contribution < 1.29 is 39.3 Å². The maximum Gasteiger partial charge on any atom is 0.416 e. The second kappa shape index (κ2) is 12.2. The lowest BCUT2D eigenvalue weighted by Gasteiger charge is -2.17. The van der Waals surface area contributed by atoms with Crippen molar-refractivity contribution in [1.29, 1.82) is 0 Å². The highest BCUT2D eigenvalue weighted by Gasteiger charge is 2.33. The number of alkyl halides is 3. The van der Waals surface area contributed by atoms with E-state index in [0.29, 0.717) is 16.5 Å². The highest BCUT2D eigenvalue weighted by Crippen LogP contribution is 2.35. The van der Waals surface area contributed by atoms with E-state index < -0.39 is 53.2 Å². The number of aliphatic hydroxyl groups excluding tert-OH is 1. The topological polar surface area (TPSA) is 109 Å². The zero-order valence-corrected chi connectivity index (χ0v) is 23.3. The molecule has 12 heteroatoms. The molecular formula is C29H28ClF3N2O5S. The molecule has 1 heterocycles. The molecule has 1 unspecified atom stereocenters. The molecule has 7 nitrogen and oxygen atoms in total. The zero-order valence-electron chi connectivity index (χ0n) is 23.7. The van der Waals surface area contributed by atoms with Gasteiger partial charge in [0.15, 0.2) is 9.84 Å². The van der Waals surface area contributed by atoms with Crippen molar-refractivity contribution in [2.75, 3.05) is 18.9 Å². The van der Waals surface area contributed by atoms with E-state index in [4.69, 9.17) is 14.3 Å². The van der Waals surface area contributed by atoms with Crippen LogP contribution in [0, 0.1) is 0 Å². The summed E-state index contributed by atoms with van der Waals surface area (Å²) in [5, 5.41) is 22.8. The number of carbonyl (C=O) groups excluding carboxylic acids is 1. The molecule has 0 saturated heterocycles. The molecule has 0 bridgehead atoms. The lowest BCUT2D eigenvalue weighted by molar-refractivity contribution is -0.138. The van der Waals surface area contributed by atoms with Crippen LogP contribution in [0.4, 0.5) is 13.2 Å². The molecule has 0 radical (unpaired) electrons. The Kier molecular flexibility index (Phi) is 8.29. The quantitative estimate of drug-likeness (QED) is 0.230. The number of benzene rings is 3. The number of hydrogen-bond acceptors (Lipinski definition) is 5. The van der Waals surface area contributed by atoms with E-state index in [1.54, 1.807) is 0 Å². The number of carbonyl (C=O) groups is 1. The smallest absolute Gasteiger partial charge is 0.395 e. The minimum atomic E-state index is -4.69. The number of rotatable bonds is 10. The molecule has 4 aromatic rings. The van der Waals surface area contributed by atoms with Crippen LogP contribution >= 0.6 is 11.6 Å². The minimum absolute atomic E-state index is 0.0789. The van der Waals surface area contributed by atoms with Crippen LogP contribution in [0.5, 0.6) is 0 Å². The monoisotopic (exact) mass is 610 g/mol. The summed E-state index contributed by atoms with van der Waals surface area (Å²) in [6.45, 7) is -2.24. The summed E-state index contributed by atoms with van der Waals surface area (Å²) in [6, 6.07) is 14.2. The lowest BCUT2D eigenvalue weighted by Crippen LogP contribution is -2.30. The van der Waals surface area contributed by atoms with Gasteiger partial charge in [-0.15, -0.1) is 0 Å². The summed E-state index contributed by atoms with van der Waals surface area (Å²) in [6.07, 6.45) is -4.96. The van der Waals surface area contributed by atoms with Gasteiger partial charge in [-0.2, -0.15) is 13.2 Å². The van der Waals surface area contributed by atoms with Crippen LogP contribution in [0.25, 0.3) is 10.9 Å². The van der Waals surface area contributed by atoms with Gasteiger partial charge in [-0.05, 0) is 59.7 Å². The normalized spacial score (nSPS) is 14.0. The second-order valence-electron chi connectivity index (χ2n) is 9.31. The van der Waals surface area contributed by atoms with E-state index in [1.807, 2.05) is 0 Å². The number of aryl methyl sites for hydroxylation is 1. The van der Waals surface area contributed by atoms with Crippen LogP contribution in [-0.2, 0) is 29.0 Å². The number of fused-ring (bicyclic) bond motifs is 1. The highest BCUT2D eigenvalue weighted by atomic mass is 35.5. The lowest BCUT2D eigenvalue weighted by atomic mass is 10.0. The molecule has 0 spiro atoms. The van der Waals surface area contributed by atoms with Gasteiger partial charge in [-0.25, -0.2) is 8.42 Å². The summed E-state index contributed by atoms with van der Waals surface area (Å²) < 4.78 is 82.1. The van der Waals surface area contributed by atoms with E-state index in [-0.39, 0.29) is 38.9 Å². The van der Waals surface area contributed by atoms with Gasteiger partial charge in [0.1, 0.15) is 0 Å². The number of aromatic nitrogens is 1. The van der Waals surface area contributed by atoms with Crippen molar-refractivity contribution >= 4 is 38.2 Å². The molecule has 4 rings (SSSR count). The molecule has 218 valence electrons. The number of aliphatic hydroxyl groups is 2. The molecule has 1 atom stereocenters. The van der Waals surface area contributed by atoms with Crippen LogP contribution in [0.3, 0.4) is 0 Å². The van der Waals surface area contributed by atoms with Crippen molar-refractivity contribution in [2.45, 2.75) is 37.0 Å². The molecule has 3 N–H and O–H groups in total. The number of sulfone groups is 1. The number of amides is 1. The first-order valence-electron chi connectivity index (χ1n) is 13.5. The average molecular weight is 611 g/mol. The highest BCUT2D eigenvalue weighted by molar-refractivity contribution is 7.91. The third kappa shape index (κ3) is 6.75. The predicted octanol–water partition coefficient (Wildman–Crippen LogP) is 5.15. The van der Waals surface area contributed by atoms with Gasteiger partial charge in [0.2, 0.25) is 0 Å². The SMILES string of the molecule is [2H]C([2H])(O)Cn1c(Cc2ccc(Cl)cc2C(F)(F)F)cc2cc(C(=O)NC(CO)c3ccc(S(=O)(=O)CC)cc3)ccc21. The molecule has 1 amide bonds. The number of halogens is 4. The Morgan fingerprint density at radius 3 is 2.39 bits per heavy atom. The Labute approximate surface area is 242 Å². The molecule has 0 saturated carbocycles. The van der Waals surface area contributed by atoms with Crippen LogP contribution in [-0.4, -0.2) is 48.0 Å². The van der Waals surface area contributed by atoms with Gasteiger partial charge in [0, 0.05) is 40.1 Å². The molecule has 1 aromatic heterocycles. The van der Waals surface area contributed by atoms with Gasteiger partial charge in [-0.1, -0.05) is 36.7 Å². The molecule has 0 aliphatic heterocycles. The molecule has 41 heavy (non-hydrogen) atoms. The minimum Gasteiger partial charge on any atom is -0.395 e. The van der Waals surface area contributed by atoms with Crippen molar-refractivity contribution in [3.05, 3.63) is 99.7 Å². The summed E-state index contributed by atoms with van der Waals surface area (Å²) in [4.78, 5) is 13.3. The number of nitrogens with zero attached hydrogens (tertiary/aromatic N) is 1. The van der Waals surface area contributed by atoms with E-state index >= 15 is 0 Å². The molecule has 0 aliphatic carbocycles. The van der Waals surface area contributed by atoms with Gasteiger partial charge in [-0.3, -0.25) is 4.79 Å². The fraction of sp³-hybridized carbons (Fsp3) is 0.276. The van der Waals surface area contributed by atoms with Gasteiger partial charge >= 0.3 is 6.18 Å². The van der Waals surface area contributed by atoms with E-state index in [1.165, 1.54) is 72.2 Å². The first-order chi connectivity index (χ1) is 20.0. The van der Waals surface area contributed by atoms with Gasteiger partial charge in [0.25, 0.3) is 5.91 Å². The Bertz CT molecular complexity index is 1750. The first-order valence-corrected chi connectivity index (χ1v) is 14.5. The van der Waals surface area contributed by atoms with Crippen molar-refractivity contribution in [1.82, 2.24) is 9.88 Å². The first kappa shape index (κ1) is 27.8. The van der Waals surface area contributed by atoms with Crippen LogP contribution in [0.1, 0.15) is 48.4 Å². The molecular weight excluding hydrogens is 581 g/mol. The van der Waals surface area contributed by atoms with E-state index in [2.05, 4.69) is 5.32 Å². The number of nitrogens with one attached hydrogen (secondary N) is 1. The average Bonchev–Trinajstić information content (AvgIpc) is 3.26. The molecule has 0 aliphatic rings. The number of hydrogen-bond donors (Lipinski definition) is 3. The Morgan fingerprint density at radius 2 is 1.78 bits per heavy atom. The zero-order chi connectivity index (χ0) is 31.7. The summed E-state index contributed by atoms with van der Waals surface area (Å²) in [7, 11) is -3.43. The fourth-order valence-electron chi connectivity index (χ4n) is 4.59. The Balaban J connectivity index is 1.67. The summed E-state index contributed by atoms with van der Waals surface area (Å²) >= 11 is 5.81. The Morgan fingerprint density at radius 1 is 1.07 bits per heavy atom. The van der Waals surface area contributed by atoms with E-state index in [0.717, 1.165) is 6.07 Å². The second-order valence-corrected chi connectivity index (χ2v) is 12.0. The summed E-state index contributed by atoms with van der Waals surface area (Å²) in [5.41, 5.74) is 0.190. The predicted molar refractivity (Wildman–Crippen MR) is 150 cm³/mol. The van der Waals surface area contributed by atoms with Gasteiger partial charge < -0.3 is 20.1 Å². The van der Waals surface area contributed by atoms with Crippen LogP contribution < -0.4 is 5.32 Å². The van der Waals surface area contributed by atoms with Crippen molar-refractivity contribution in [3.8, 4) is 0 Å². The van der Waals surface area contributed by atoms with Crippen molar-refractivity contribution in [3.63, 3.8) is 0 Å². The molecule has 3 aromatic carbocycles. The third-order valence-corrected chi connectivity index (χ3v) is 8.72. The van der Waals surface area contributed by atoms with Crippen LogP contribution in [0.2, 0.25) is 5.02 Å². The maximum atomic E-state index is 13.7. The molecule has 0 fully saturated rings. The van der Waals surface area contributed by atoms with Gasteiger partial charge in [0.05, 0.1) is 38.2 Å². The third-order valence-electron chi connectivity index (χ3n) is 6.74. The standard InChI is InChI=1S/C29H28ClF3N2O5S/c1-2-41(39,40)24-8-4-18(5-9-24)26(17-37)34-28(38)20-6-10-27-21(13-20)15-23(35(27)11-12-36)14-19-3-7-22(30)16-25(19)29(31,32)33/h3-10,13,15-16,26,36-37H,2,11-12,14,17H2,1H3,(H,34,38)/i12D2. The Hall–Kier alpha value is -3.38. The largest absolute Gasteiger partial charge is 0.416 e. The summed E-state index contributed by atoms with van der Waals surface area (Å²) in [5.74, 6) is -0.667. The fourth-order valence-corrected chi connectivity index (χ4v) is 5.64. The maximum absolute atomic E-state index is 13.7. The van der Waals surface area contributed by atoms with Crippen LogP contribution in [0.15, 0.2) is 71.6 Å². The van der Waals surface area contributed by atoms with E-state index in [9.17, 15) is 36.6 Å². The van der Waals surface area contributed by atoms with Crippen molar-refractivity contribution in [2.24, 2.45) is 0 Å².